The van der Waals surface area contributed by atoms with Crippen LogP contribution in [0, 0.1) is 28.6 Å². The highest BCUT2D eigenvalue weighted by Crippen LogP contribution is 2.68. The molecule has 4 heteroatoms. The molecule has 3 N–H and O–H groups in total. The maximum atomic E-state index is 11.9. The molecule has 4 rings (SSSR count). The zero-order chi connectivity index (χ0) is 18.9. The number of aliphatic hydroxyl groups is 3. The van der Waals surface area contributed by atoms with Crippen molar-refractivity contribution < 1.29 is 20.1 Å². The van der Waals surface area contributed by atoms with E-state index in [4.69, 9.17) is 0 Å². The van der Waals surface area contributed by atoms with E-state index in [1.54, 1.807) is 0 Å². The Morgan fingerprint density at radius 1 is 1.27 bits per heavy atom. The molecule has 0 unspecified atom stereocenters. The lowest BCUT2D eigenvalue weighted by molar-refractivity contribution is -0.162. The fraction of sp³-hybridized carbons (Fsp3) is 0.773. The summed E-state index contributed by atoms with van der Waals surface area (Å²) in [6.07, 6.45) is 6.69. The van der Waals surface area contributed by atoms with Gasteiger partial charge in [-0.05, 0) is 73.3 Å². The van der Waals surface area contributed by atoms with Crippen molar-refractivity contribution in [2.45, 2.75) is 70.5 Å². The minimum atomic E-state index is -1.10. The molecule has 3 fully saturated rings. The van der Waals surface area contributed by atoms with Crippen molar-refractivity contribution in [2.24, 2.45) is 28.6 Å². The third kappa shape index (κ3) is 2.15. The van der Waals surface area contributed by atoms with Crippen LogP contribution < -0.4 is 0 Å². The van der Waals surface area contributed by atoms with E-state index in [9.17, 15) is 20.1 Å². The predicted molar refractivity (Wildman–Crippen MR) is 99.3 cm³/mol. The number of carbonyl (C=O) groups excluding carboxylic acids is 1. The van der Waals surface area contributed by atoms with Crippen molar-refractivity contribution in [1.82, 2.24) is 0 Å². The summed E-state index contributed by atoms with van der Waals surface area (Å²) in [7, 11) is 0. The molecule has 144 valence electrons. The normalized spacial score (nSPS) is 50.5. The molecule has 0 bridgehead atoms. The Morgan fingerprint density at radius 3 is 2.69 bits per heavy atom. The molecule has 0 aromatic rings. The van der Waals surface area contributed by atoms with E-state index in [-0.39, 0.29) is 23.7 Å². The van der Waals surface area contributed by atoms with Crippen LogP contribution in [0.25, 0.3) is 0 Å². The molecule has 0 aromatic heterocycles. The van der Waals surface area contributed by atoms with E-state index in [2.05, 4.69) is 20.4 Å². The van der Waals surface area contributed by atoms with Gasteiger partial charge in [-0.1, -0.05) is 26.0 Å². The second-order valence-electron chi connectivity index (χ2n) is 9.74. The van der Waals surface area contributed by atoms with E-state index in [1.165, 1.54) is 5.57 Å². The molecule has 0 saturated heterocycles. The third-order valence-electron chi connectivity index (χ3n) is 8.82. The zero-order valence-corrected chi connectivity index (χ0v) is 16.0. The molecule has 4 aliphatic rings. The second-order valence-corrected chi connectivity index (χ2v) is 9.74. The van der Waals surface area contributed by atoms with Gasteiger partial charge in [-0.2, -0.15) is 0 Å². The topological polar surface area (TPSA) is 77.8 Å². The summed E-state index contributed by atoms with van der Waals surface area (Å²) >= 11 is 0. The van der Waals surface area contributed by atoms with Gasteiger partial charge in [0.15, 0.2) is 5.78 Å². The van der Waals surface area contributed by atoms with Crippen LogP contribution in [0.1, 0.15) is 58.8 Å². The molecule has 4 aliphatic carbocycles. The number of hydrogen-bond acceptors (Lipinski definition) is 4. The standard InChI is InChI=1S/C22H32O4/c1-13(12-23)22(26)9-7-17-16-5-4-14-10-15(24)6-8-20(14,2)19(16)18(25)11-21(17,22)3/h10,16-19,23,25-26H,1,4-9,11-12H2,2-3H3/t16-,17+,18+,19-,20-,21-,22-/m0/s1. The minimum absolute atomic E-state index is 0.105. The molecule has 0 heterocycles. The lowest BCUT2D eigenvalue weighted by Gasteiger charge is -2.61. The van der Waals surface area contributed by atoms with Gasteiger partial charge < -0.3 is 15.3 Å². The molecule has 0 radical (unpaired) electrons. The van der Waals surface area contributed by atoms with Gasteiger partial charge >= 0.3 is 0 Å². The largest absolute Gasteiger partial charge is 0.393 e. The van der Waals surface area contributed by atoms with Crippen molar-refractivity contribution in [3.05, 3.63) is 23.8 Å². The first-order chi connectivity index (χ1) is 12.2. The number of hydrogen-bond donors (Lipinski definition) is 3. The fourth-order valence-corrected chi connectivity index (χ4v) is 7.40. The molecule has 3 saturated carbocycles. The summed E-state index contributed by atoms with van der Waals surface area (Å²) in [6.45, 7) is 8.06. The van der Waals surface area contributed by atoms with Crippen molar-refractivity contribution in [2.75, 3.05) is 6.61 Å². The third-order valence-corrected chi connectivity index (χ3v) is 8.82. The van der Waals surface area contributed by atoms with Gasteiger partial charge in [-0.3, -0.25) is 4.79 Å². The molecule has 0 spiro atoms. The Balaban J connectivity index is 1.74. The van der Waals surface area contributed by atoms with Gasteiger partial charge in [0.1, 0.15) is 0 Å². The molecule has 0 aliphatic heterocycles. The summed E-state index contributed by atoms with van der Waals surface area (Å²) in [5.41, 5.74) is 0.0596. The summed E-state index contributed by atoms with van der Waals surface area (Å²) in [6, 6.07) is 0. The Morgan fingerprint density at radius 2 is 2.00 bits per heavy atom. The number of rotatable bonds is 2. The first kappa shape index (κ1) is 18.4. The van der Waals surface area contributed by atoms with Gasteiger partial charge in [-0.25, -0.2) is 0 Å². The van der Waals surface area contributed by atoms with E-state index >= 15 is 0 Å². The van der Waals surface area contributed by atoms with Gasteiger partial charge in [0.25, 0.3) is 0 Å². The zero-order valence-electron chi connectivity index (χ0n) is 16.0. The van der Waals surface area contributed by atoms with Crippen LogP contribution in [0.4, 0.5) is 0 Å². The Labute approximate surface area is 156 Å². The van der Waals surface area contributed by atoms with E-state index in [0.29, 0.717) is 36.7 Å². The lowest BCUT2D eigenvalue weighted by atomic mass is 9.45. The summed E-state index contributed by atoms with van der Waals surface area (Å²) in [5, 5.41) is 32.3. The van der Waals surface area contributed by atoms with Crippen LogP contribution in [0.2, 0.25) is 0 Å². The Kier molecular flexibility index (Phi) is 4.08. The monoisotopic (exact) mass is 360 g/mol. The summed E-state index contributed by atoms with van der Waals surface area (Å²) in [4.78, 5) is 11.9. The molecule has 26 heavy (non-hydrogen) atoms. The predicted octanol–water partition coefficient (Wildman–Crippen LogP) is 2.77. The quantitative estimate of drug-likeness (QED) is 0.662. The van der Waals surface area contributed by atoms with Gasteiger partial charge in [-0.15, -0.1) is 0 Å². The highest BCUT2D eigenvalue weighted by atomic mass is 16.3. The SMILES string of the molecule is C=C(CO)[C@@]1(O)CC[C@@H]2[C@@H]3CCC4=CC(=O)CC[C@]4(C)[C@@H]3[C@H](O)C[C@@]21C. The maximum absolute atomic E-state index is 11.9. The van der Waals surface area contributed by atoms with Gasteiger partial charge in [0.2, 0.25) is 0 Å². The number of aliphatic hydroxyl groups excluding tert-OH is 2. The molecule has 7 atom stereocenters. The number of carbonyl (C=O) groups is 1. The van der Waals surface area contributed by atoms with Crippen LogP contribution in [0.15, 0.2) is 23.8 Å². The van der Waals surface area contributed by atoms with Crippen molar-refractivity contribution in [3.63, 3.8) is 0 Å². The van der Waals surface area contributed by atoms with E-state index in [1.807, 2.05) is 6.08 Å². The van der Waals surface area contributed by atoms with E-state index in [0.717, 1.165) is 25.7 Å². The van der Waals surface area contributed by atoms with Gasteiger partial charge in [0.05, 0.1) is 18.3 Å². The minimum Gasteiger partial charge on any atom is -0.393 e. The maximum Gasteiger partial charge on any atom is 0.155 e. The highest BCUT2D eigenvalue weighted by Gasteiger charge is 2.66. The van der Waals surface area contributed by atoms with E-state index < -0.39 is 17.1 Å². The summed E-state index contributed by atoms with van der Waals surface area (Å²) < 4.78 is 0. The van der Waals surface area contributed by atoms with Gasteiger partial charge in [0, 0.05) is 11.8 Å². The van der Waals surface area contributed by atoms with Crippen LogP contribution in [-0.2, 0) is 4.79 Å². The molecule has 0 amide bonds. The van der Waals surface area contributed by atoms with Crippen molar-refractivity contribution in [1.29, 1.82) is 0 Å². The van der Waals surface area contributed by atoms with Crippen molar-refractivity contribution in [3.8, 4) is 0 Å². The summed E-state index contributed by atoms with van der Waals surface area (Å²) in [5.74, 6) is 1.04. The molecular weight excluding hydrogens is 328 g/mol. The van der Waals surface area contributed by atoms with Crippen LogP contribution in [0.5, 0.6) is 0 Å². The number of fused-ring (bicyclic) bond motifs is 5. The molecule has 4 nitrogen and oxygen atoms in total. The number of allylic oxidation sites excluding steroid dienone is 1. The number of ketones is 1. The lowest BCUT2D eigenvalue weighted by Crippen LogP contribution is -2.60. The second kappa shape index (κ2) is 5.76. The first-order valence-electron chi connectivity index (χ1n) is 10.1. The average Bonchev–Trinajstić information content (AvgIpc) is 2.86. The Hall–Kier alpha value is -0.970. The molecular formula is C22H32O4. The van der Waals surface area contributed by atoms with Crippen LogP contribution in [-0.4, -0.2) is 39.4 Å². The first-order valence-corrected chi connectivity index (χ1v) is 10.1. The Bertz CT molecular complexity index is 682. The fourth-order valence-electron chi connectivity index (χ4n) is 7.40. The van der Waals surface area contributed by atoms with Crippen LogP contribution >= 0.6 is 0 Å². The molecule has 0 aromatic carbocycles. The van der Waals surface area contributed by atoms with Crippen LogP contribution in [0.3, 0.4) is 0 Å². The smallest absolute Gasteiger partial charge is 0.155 e. The average molecular weight is 360 g/mol. The van der Waals surface area contributed by atoms with Crippen molar-refractivity contribution >= 4 is 5.78 Å². The highest BCUT2D eigenvalue weighted by molar-refractivity contribution is 5.91.